The molecule has 0 aromatic heterocycles. The van der Waals surface area contributed by atoms with Crippen LogP contribution < -0.4 is 5.32 Å². The molecule has 0 amide bonds. The number of nitrogens with zero attached hydrogens (tertiary/aromatic N) is 1. The van der Waals surface area contributed by atoms with E-state index in [0.717, 1.165) is 31.9 Å². The molecule has 0 saturated carbocycles. The first-order chi connectivity index (χ1) is 4.85. The molecule has 0 saturated heterocycles. The van der Waals surface area contributed by atoms with Gasteiger partial charge < -0.3 is 10.2 Å². The van der Waals surface area contributed by atoms with Crippen LogP contribution in [0.5, 0.6) is 0 Å². The highest BCUT2D eigenvalue weighted by Gasteiger charge is 1.97. The first kappa shape index (κ1) is 10.3. The molecular weight excluding hydrogens is 144 g/mol. The van der Waals surface area contributed by atoms with Crippen LogP contribution in [0.3, 0.4) is 0 Å². The highest BCUT2D eigenvalue weighted by molar-refractivity contribution is 7.80. The molecule has 0 aromatic carbocycles. The summed E-state index contributed by atoms with van der Waals surface area (Å²) in [5, 5.41) is 3.12. The fourth-order valence-electron chi connectivity index (χ4n) is 0.839. The second-order valence-electron chi connectivity index (χ2n) is 2.26. The predicted molar refractivity (Wildman–Crippen MR) is 49.9 cm³/mol. The van der Waals surface area contributed by atoms with Crippen molar-refractivity contribution in [1.29, 1.82) is 0 Å². The Kier molecular flexibility index (Phi) is 7.58. The summed E-state index contributed by atoms with van der Waals surface area (Å²) in [5.74, 6) is 0.956. The summed E-state index contributed by atoms with van der Waals surface area (Å²) in [7, 11) is 1.98. The summed E-state index contributed by atoms with van der Waals surface area (Å²) in [6.45, 7) is 6.61. The lowest BCUT2D eigenvalue weighted by Gasteiger charge is -2.18. The van der Waals surface area contributed by atoms with Gasteiger partial charge >= 0.3 is 0 Å². The molecule has 0 spiro atoms. The number of nitrogens with one attached hydrogen (secondary N) is 1. The van der Waals surface area contributed by atoms with Crippen LogP contribution in [0.4, 0.5) is 0 Å². The Morgan fingerprint density at radius 3 is 2.50 bits per heavy atom. The molecule has 62 valence electrons. The van der Waals surface area contributed by atoms with E-state index < -0.39 is 0 Å². The lowest BCUT2D eigenvalue weighted by Crippen LogP contribution is -2.32. The van der Waals surface area contributed by atoms with E-state index in [-0.39, 0.29) is 0 Å². The van der Waals surface area contributed by atoms with Crippen molar-refractivity contribution in [3.63, 3.8) is 0 Å². The molecule has 0 radical (unpaired) electrons. The Hall–Kier alpha value is 0.270. The van der Waals surface area contributed by atoms with Gasteiger partial charge in [-0.15, -0.1) is 0 Å². The third kappa shape index (κ3) is 5.09. The van der Waals surface area contributed by atoms with E-state index in [0.29, 0.717) is 0 Å². The summed E-state index contributed by atoms with van der Waals surface area (Å²) in [5.41, 5.74) is 0. The van der Waals surface area contributed by atoms with Gasteiger partial charge in [-0.2, -0.15) is 12.6 Å². The molecule has 1 N–H and O–H groups in total. The van der Waals surface area contributed by atoms with Crippen LogP contribution in [0, 0.1) is 0 Å². The van der Waals surface area contributed by atoms with Crippen LogP contribution >= 0.6 is 12.6 Å². The van der Waals surface area contributed by atoms with Gasteiger partial charge in [0.25, 0.3) is 0 Å². The normalized spacial score (nSPS) is 10.8. The Morgan fingerprint density at radius 2 is 2.10 bits per heavy atom. The van der Waals surface area contributed by atoms with Gasteiger partial charge in [0.2, 0.25) is 0 Å². The zero-order valence-electron chi connectivity index (χ0n) is 6.93. The number of thiol groups is 1. The molecule has 0 heterocycles. The Balaban J connectivity index is 3.21. The monoisotopic (exact) mass is 162 g/mol. The lowest BCUT2D eigenvalue weighted by atomic mass is 10.5. The van der Waals surface area contributed by atoms with Crippen LogP contribution in [0.1, 0.15) is 6.92 Å². The predicted octanol–water partition coefficient (Wildman–Crippen LogP) is 0.457. The van der Waals surface area contributed by atoms with Gasteiger partial charge in [0, 0.05) is 25.4 Å². The van der Waals surface area contributed by atoms with Crippen molar-refractivity contribution in [2.45, 2.75) is 6.92 Å². The lowest BCUT2D eigenvalue weighted by molar-refractivity contribution is 0.308. The first-order valence-corrected chi connectivity index (χ1v) is 4.46. The average Bonchev–Trinajstić information content (AvgIpc) is 1.98. The highest BCUT2D eigenvalue weighted by atomic mass is 32.1. The van der Waals surface area contributed by atoms with E-state index in [4.69, 9.17) is 0 Å². The minimum Gasteiger partial charge on any atom is -0.318 e. The fourth-order valence-corrected chi connectivity index (χ4v) is 1.12. The molecule has 0 unspecified atom stereocenters. The topological polar surface area (TPSA) is 15.3 Å². The molecule has 2 nitrogen and oxygen atoms in total. The van der Waals surface area contributed by atoms with Crippen molar-refractivity contribution < 1.29 is 0 Å². The summed E-state index contributed by atoms with van der Waals surface area (Å²) >= 11 is 4.17. The van der Waals surface area contributed by atoms with E-state index in [9.17, 15) is 0 Å². The zero-order valence-corrected chi connectivity index (χ0v) is 7.82. The van der Waals surface area contributed by atoms with E-state index in [1.165, 1.54) is 0 Å². The van der Waals surface area contributed by atoms with Crippen LogP contribution in [-0.4, -0.2) is 43.9 Å². The summed E-state index contributed by atoms with van der Waals surface area (Å²) < 4.78 is 0. The molecule has 0 rings (SSSR count). The zero-order chi connectivity index (χ0) is 7.82. The van der Waals surface area contributed by atoms with Crippen LogP contribution in [0.15, 0.2) is 0 Å². The van der Waals surface area contributed by atoms with Gasteiger partial charge in [0.1, 0.15) is 0 Å². The van der Waals surface area contributed by atoms with Gasteiger partial charge in [-0.25, -0.2) is 0 Å². The SMILES string of the molecule is CCN(CCS)CCNC. The van der Waals surface area contributed by atoms with Gasteiger partial charge in [-0.05, 0) is 13.6 Å². The van der Waals surface area contributed by atoms with E-state index in [2.05, 4.69) is 29.8 Å². The van der Waals surface area contributed by atoms with E-state index >= 15 is 0 Å². The smallest absolute Gasteiger partial charge is 0.0107 e. The van der Waals surface area contributed by atoms with Crippen molar-refractivity contribution in [3.05, 3.63) is 0 Å². The summed E-state index contributed by atoms with van der Waals surface area (Å²) in [4.78, 5) is 2.38. The molecule has 0 atom stereocenters. The molecule has 0 fully saturated rings. The Labute approximate surface area is 69.4 Å². The highest BCUT2D eigenvalue weighted by Crippen LogP contribution is 1.86. The number of hydrogen-bond donors (Lipinski definition) is 2. The molecule has 3 heteroatoms. The molecular formula is C7H18N2S. The fraction of sp³-hybridized carbons (Fsp3) is 1.00. The van der Waals surface area contributed by atoms with Crippen molar-refractivity contribution >= 4 is 12.6 Å². The first-order valence-electron chi connectivity index (χ1n) is 3.83. The van der Waals surface area contributed by atoms with Crippen molar-refractivity contribution in [1.82, 2.24) is 10.2 Å². The standard InChI is InChI=1S/C7H18N2S/c1-3-9(6-7-10)5-4-8-2/h8,10H,3-7H2,1-2H3. The minimum atomic E-state index is 0.956. The average molecular weight is 162 g/mol. The van der Waals surface area contributed by atoms with Crippen LogP contribution in [0.2, 0.25) is 0 Å². The number of rotatable bonds is 6. The van der Waals surface area contributed by atoms with Crippen molar-refractivity contribution in [3.8, 4) is 0 Å². The third-order valence-electron chi connectivity index (χ3n) is 1.54. The second-order valence-corrected chi connectivity index (χ2v) is 2.71. The largest absolute Gasteiger partial charge is 0.318 e. The maximum absolute atomic E-state index is 4.17. The number of hydrogen-bond acceptors (Lipinski definition) is 3. The molecule has 0 aliphatic rings. The van der Waals surface area contributed by atoms with Crippen LogP contribution in [0.25, 0.3) is 0 Å². The quantitative estimate of drug-likeness (QED) is 0.552. The Bertz CT molecular complexity index is 68.6. The van der Waals surface area contributed by atoms with Gasteiger partial charge in [0.15, 0.2) is 0 Å². The minimum absolute atomic E-state index is 0.956. The van der Waals surface area contributed by atoms with Crippen molar-refractivity contribution in [2.24, 2.45) is 0 Å². The maximum atomic E-state index is 4.17. The van der Waals surface area contributed by atoms with Gasteiger partial charge in [-0.3, -0.25) is 0 Å². The summed E-state index contributed by atoms with van der Waals surface area (Å²) in [6, 6.07) is 0. The van der Waals surface area contributed by atoms with Gasteiger partial charge in [0.05, 0.1) is 0 Å². The molecule has 0 aliphatic carbocycles. The van der Waals surface area contributed by atoms with Gasteiger partial charge in [-0.1, -0.05) is 6.92 Å². The maximum Gasteiger partial charge on any atom is 0.0107 e. The molecule has 0 bridgehead atoms. The van der Waals surface area contributed by atoms with E-state index in [1.54, 1.807) is 0 Å². The summed E-state index contributed by atoms with van der Waals surface area (Å²) in [6.07, 6.45) is 0. The van der Waals surface area contributed by atoms with Crippen LogP contribution in [-0.2, 0) is 0 Å². The molecule has 10 heavy (non-hydrogen) atoms. The Morgan fingerprint density at radius 1 is 1.40 bits per heavy atom. The second kappa shape index (κ2) is 7.38. The third-order valence-corrected chi connectivity index (χ3v) is 1.74. The van der Waals surface area contributed by atoms with E-state index in [1.807, 2.05) is 7.05 Å². The molecule has 0 aromatic rings. The van der Waals surface area contributed by atoms with Crippen molar-refractivity contribution in [2.75, 3.05) is 39.0 Å². The number of likely N-dealkylation sites (N-methyl/N-ethyl adjacent to an activating group) is 2. The molecule has 0 aliphatic heterocycles.